The molecule has 0 heterocycles. The fraction of sp³-hybridized carbons (Fsp3) is 0.500. The zero-order chi connectivity index (χ0) is 19.7. The number of carbonyl (C=O) groups is 3. The minimum atomic E-state index is -1.07. The lowest BCUT2D eigenvalue weighted by molar-refractivity contribution is -0.145. The highest BCUT2D eigenvalue weighted by Gasteiger charge is 2.27. The van der Waals surface area contributed by atoms with E-state index >= 15 is 0 Å². The van der Waals surface area contributed by atoms with Crippen molar-refractivity contribution in [2.45, 2.75) is 39.7 Å². The van der Waals surface area contributed by atoms with Crippen LogP contribution >= 0.6 is 15.9 Å². The van der Waals surface area contributed by atoms with Gasteiger partial charge in [-0.15, -0.1) is 0 Å². The SMILES string of the molecule is CCCN(CC(=O)O)C(=O)[C@H](CC(C)C)NC(=O)Nc1ccc(Br)cc1. The molecule has 1 atom stereocenters. The van der Waals surface area contributed by atoms with Gasteiger partial charge in [0.1, 0.15) is 12.6 Å². The number of carboxylic acid groups (broad SMARTS) is 1. The normalized spacial score (nSPS) is 11.7. The van der Waals surface area contributed by atoms with Gasteiger partial charge in [0, 0.05) is 16.7 Å². The van der Waals surface area contributed by atoms with Gasteiger partial charge < -0.3 is 20.6 Å². The Morgan fingerprint density at radius 2 is 1.81 bits per heavy atom. The van der Waals surface area contributed by atoms with Crippen LogP contribution in [-0.4, -0.2) is 47.0 Å². The average Bonchev–Trinajstić information content (AvgIpc) is 2.54. The summed E-state index contributed by atoms with van der Waals surface area (Å²) in [6.45, 7) is 5.70. The van der Waals surface area contributed by atoms with Crippen molar-refractivity contribution in [3.05, 3.63) is 28.7 Å². The van der Waals surface area contributed by atoms with E-state index in [0.29, 0.717) is 25.1 Å². The third-order valence-electron chi connectivity index (χ3n) is 3.54. The molecular formula is C18H26BrN3O4. The van der Waals surface area contributed by atoms with Crippen molar-refractivity contribution in [2.24, 2.45) is 5.92 Å². The van der Waals surface area contributed by atoms with Crippen molar-refractivity contribution in [1.82, 2.24) is 10.2 Å². The summed E-state index contributed by atoms with van der Waals surface area (Å²) in [5.41, 5.74) is 0.595. The number of hydrogen-bond acceptors (Lipinski definition) is 3. The van der Waals surface area contributed by atoms with Gasteiger partial charge in [-0.25, -0.2) is 4.79 Å². The van der Waals surface area contributed by atoms with Crippen LogP contribution in [0.5, 0.6) is 0 Å². The summed E-state index contributed by atoms with van der Waals surface area (Å²) < 4.78 is 0.889. The fourth-order valence-corrected chi connectivity index (χ4v) is 2.74. The molecule has 1 rings (SSSR count). The summed E-state index contributed by atoms with van der Waals surface area (Å²) in [6, 6.07) is 5.77. The highest BCUT2D eigenvalue weighted by molar-refractivity contribution is 9.10. The maximum Gasteiger partial charge on any atom is 0.323 e. The van der Waals surface area contributed by atoms with Crippen LogP contribution in [0.4, 0.5) is 10.5 Å². The van der Waals surface area contributed by atoms with Gasteiger partial charge >= 0.3 is 12.0 Å². The monoisotopic (exact) mass is 427 g/mol. The molecule has 8 heteroatoms. The van der Waals surface area contributed by atoms with Crippen LogP contribution in [0.3, 0.4) is 0 Å². The lowest BCUT2D eigenvalue weighted by Gasteiger charge is -2.27. The quantitative estimate of drug-likeness (QED) is 0.562. The van der Waals surface area contributed by atoms with E-state index in [1.54, 1.807) is 24.3 Å². The first-order valence-corrected chi connectivity index (χ1v) is 9.35. The van der Waals surface area contributed by atoms with Crippen molar-refractivity contribution in [1.29, 1.82) is 0 Å². The number of urea groups is 1. The fourth-order valence-electron chi connectivity index (χ4n) is 2.47. The zero-order valence-corrected chi connectivity index (χ0v) is 16.9. The molecule has 0 radical (unpaired) electrons. The molecule has 0 aliphatic rings. The van der Waals surface area contributed by atoms with Crippen LogP contribution in [0, 0.1) is 5.92 Å². The number of hydrogen-bond donors (Lipinski definition) is 3. The summed E-state index contributed by atoms with van der Waals surface area (Å²) in [5, 5.41) is 14.4. The summed E-state index contributed by atoms with van der Waals surface area (Å²) in [5.74, 6) is -1.30. The second-order valence-corrected chi connectivity index (χ2v) is 7.36. The first-order chi connectivity index (χ1) is 12.2. The van der Waals surface area contributed by atoms with E-state index in [1.165, 1.54) is 4.90 Å². The second kappa shape index (κ2) is 10.8. The number of anilines is 1. The van der Waals surface area contributed by atoms with Crippen molar-refractivity contribution in [3.63, 3.8) is 0 Å². The average molecular weight is 428 g/mol. The molecule has 0 saturated heterocycles. The highest BCUT2D eigenvalue weighted by atomic mass is 79.9. The Hall–Kier alpha value is -2.09. The van der Waals surface area contributed by atoms with Crippen LogP contribution < -0.4 is 10.6 Å². The van der Waals surface area contributed by atoms with Gasteiger partial charge in [-0.2, -0.15) is 0 Å². The smallest absolute Gasteiger partial charge is 0.323 e. The number of rotatable bonds is 9. The molecule has 3 amide bonds. The topological polar surface area (TPSA) is 98.7 Å². The number of carboxylic acids is 1. The molecule has 7 nitrogen and oxygen atoms in total. The highest BCUT2D eigenvalue weighted by Crippen LogP contribution is 2.14. The number of halogens is 1. The molecule has 26 heavy (non-hydrogen) atoms. The molecule has 144 valence electrons. The van der Waals surface area contributed by atoms with Crippen molar-refractivity contribution < 1.29 is 19.5 Å². The third kappa shape index (κ3) is 7.86. The zero-order valence-electron chi connectivity index (χ0n) is 15.3. The number of carbonyl (C=O) groups excluding carboxylic acids is 2. The Balaban J connectivity index is 2.83. The van der Waals surface area contributed by atoms with Gasteiger partial charge in [0.05, 0.1) is 0 Å². The minimum absolute atomic E-state index is 0.158. The number of aliphatic carboxylic acids is 1. The van der Waals surface area contributed by atoms with Gasteiger partial charge in [0.15, 0.2) is 0 Å². The summed E-state index contributed by atoms with van der Waals surface area (Å²) >= 11 is 3.32. The van der Waals surface area contributed by atoms with Crippen LogP contribution in [0.2, 0.25) is 0 Å². The van der Waals surface area contributed by atoms with Gasteiger partial charge in [-0.3, -0.25) is 9.59 Å². The Morgan fingerprint density at radius 3 is 2.31 bits per heavy atom. The van der Waals surface area contributed by atoms with Crippen LogP contribution in [0.25, 0.3) is 0 Å². The van der Waals surface area contributed by atoms with Gasteiger partial charge in [-0.1, -0.05) is 36.7 Å². The number of nitrogens with one attached hydrogen (secondary N) is 2. The molecule has 0 saturated carbocycles. The first kappa shape index (κ1) is 22.0. The molecular weight excluding hydrogens is 402 g/mol. The van der Waals surface area contributed by atoms with E-state index in [-0.39, 0.29) is 18.4 Å². The Labute approximate surface area is 162 Å². The molecule has 0 fully saturated rings. The molecule has 0 bridgehead atoms. The summed E-state index contributed by atoms with van der Waals surface area (Å²) in [4.78, 5) is 37.3. The molecule has 0 aliphatic heterocycles. The van der Waals surface area contributed by atoms with Gasteiger partial charge in [0.25, 0.3) is 0 Å². The molecule has 0 unspecified atom stereocenters. The first-order valence-electron chi connectivity index (χ1n) is 8.56. The standard InChI is InChI=1S/C18H26BrN3O4/c1-4-9-22(11-16(23)24)17(25)15(10-12(2)3)21-18(26)20-14-7-5-13(19)6-8-14/h5-8,12,15H,4,9-11H2,1-3H3,(H,23,24)(H2,20,21,26)/t15-/m0/s1. The second-order valence-electron chi connectivity index (χ2n) is 6.44. The minimum Gasteiger partial charge on any atom is -0.480 e. The van der Waals surface area contributed by atoms with Crippen molar-refractivity contribution in [3.8, 4) is 0 Å². The lowest BCUT2D eigenvalue weighted by Crippen LogP contribution is -2.51. The van der Waals surface area contributed by atoms with E-state index in [4.69, 9.17) is 5.11 Å². The van der Waals surface area contributed by atoms with E-state index in [1.807, 2.05) is 20.8 Å². The Morgan fingerprint density at radius 1 is 1.19 bits per heavy atom. The molecule has 0 spiro atoms. The predicted octanol–water partition coefficient (Wildman–Crippen LogP) is 3.31. The van der Waals surface area contributed by atoms with E-state index in [0.717, 1.165) is 4.47 Å². The molecule has 0 aliphatic carbocycles. The number of nitrogens with zero attached hydrogens (tertiary/aromatic N) is 1. The Kier molecular flexibility index (Phi) is 9.12. The molecule has 1 aromatic carbocycles. The van der Waals surface area contributed by atoms with E-state index in [2.05, 4.69) is 26.6 Å². The van der Waals surface area contributed by atoms with Crippen molar-refractivity contribution >= 4 is 39.5 Å². The van der Waals surface area contributed by atoms with Gasteiger partial charge in [-0.05, 0) is 43.0 Å². The summed E-state index contributed by atoms with van der Waals surface area (Å²) in [7, 11) is 0. The largest absolute Gasteiger partial charge is 0.480 e. The van der Waals surface area contributed by atoms with Crippen molar-refractivity contribution in [2.75, 3.05) is 18.4 Å². The molecule has 0 aromatic heterocycles. The third-order valence-corrected chi connectivity index (χ3v) is 4.07. The maximum atomic E-state index is 12.8. The lowest BCUT2D eigenvalue weighted by atomic mass is 10.0. The summed E-state index contributed by atoms with van der Waals surface area (Å²) in [6.07, 6.45) is 1.06. The maximum absolute atomic E-state index is 12.8. The van der Waals surface area contributed by atoms with Crippen LogP contribution in [-0.2, 0) is 9.59 Å². The van der Waals surface area contributed by atoms with Gasteiger partial charge in [0.2, 0.25) is 5.91 Å². The van der Waals surface area contributed by atoms with Crippen LogP contribution in [0.1, 0.15) is 33.6 Å². The molecule has 3 N–H and O–H groups in total. The van der Waals surface area contributed by atoms with E-state index in [9.17, 15) is 14.4 Å². The molecule has 1 aromatic rings. The Bertz CT molecular complexity index is 619. The predicted molar refractivity (Wildman–Crippen MR) is 104 cm³/mol. The van der Waals surface area contributed by atoms with Crippen LogP contribution in [0.15, 0.2) is 28.7 Å². The van der Waals surface area contributed by atoms with E-state index < -0.39 is 18.0 Å². The number of benzene rings is 1. The number of amides is 3.